The van der Waals surface area contributed by atoms with Crippen molar-refractivity contribution >= 4 is 33.5 Å². The number of anilines is 1. The van der Waals surface area contributed by atoms with E-state index in [1.807, 2.05) is 29.2 Å². The number of hydrogen-bond donors (Lipinski definition) is 2. The van der Waals surface area contributed by atoms with Gasteiger partial charge in [-0.05, 0) is 47.9 Å². The minimum Gasteiger partial charge on any atom is -0.352 e. The highest BCUT2D eigenvalue weighted by molar-refractivity contribution is 9.10. The van der Waals surface area contributed by atoms with Gasteiger partial charge in [0, 0.05) is 43.3 Å². The van der Waals surface area contributed by atoms with E-state index < -0.39 is 0 Å². The van der Waals surface area contributed by atoms with Crippen molar-refractivity contribution < 1.29 is 9.18 Å². The van der Waals surface area contributed by atoms with Gasteiger partial charge in [-0.3, -0.25) is 9.79 Å². The van der Waals surface area contributed by atoms with E-state index in [2.05, 4.69) is 31.6 Å². The number of aliphatic imine (C=N–C) groups is 1. The van der Waals surface area contributed by atoms with Gasteiger partial charge >= 0.3 is 0 Å². The predicted molar refractivity (Wildman–Crippen MR) is 109 cm³/mol. The summed E-state index contributed by atoms with van der Waals surface area (Å²) in [6.07, 6.45) is 1.55. The SMILES string of the molecule is CN=C(NCc1ccc(N2CCCC2=O)cc1)NCc1cc(F)ccc1Br. The zero-order chi connectivity index (χ0) is 19.2. The molecule has 0 bridgehead atoms. The van der Waals surface area contributed by atoms with Gasteiger partial charge in [0.1, 0.15) is 5.82 Å². The zero-order valence-corrected chi connectivity index (χ0v) is 16.7. The highest BCUT2D eigenvalue weighted by Gasteiger charge is 2.21. The molecule has 1 heterocycles. The normalized spacial score (nSPS) is 14.6. The van der Waals surface area contributed by atoms with Gasteiger partial charge < -0.3 is 15.5 Å². The van der Waals surface area contributed by atoms with Crippen LogP contribution < -0.4 is 15.5 Å². The first-order valence-corrected chi connectivity index (χ1v) is 9.64. The molecule has 0 unspecified atom stereocenters. The molecule has 1 aliphatic heterocycles. The lowest BCUT2D eigenvalue weighted by atomic mass is 10.2. The fourth-order valence-electron chi connectivity index (χ4n) is 2.98. The van der Waals surface area contributed by atoms with Crippen LogP contribution in [0.1, 0.15) is 24.0 Å². The molecule has 142 valence electrons. The molecule has 7 heteroatoms. The minimum absolute atomic E-state index is 0.189. The van der Waals surface area contributed by atoms with Gasteiger partial charge in [0.25, 0.3) is 0 Å². The van der Waals surface area contributed by atoms with Crippen LogP contribution in [0.3, 0.4) is 0 Å². The molecule has 27 heavy (non-hydrogen) atoms. The number of carbonyl (C=O) groups excluding carboxylic acids is 1. The Labute approximate surface area is 166 Å². The standard InChI is InChI=1S/C20H22BrFN4O/c1-23-20(25-13-15-11-16(22)6-9-18(15)21)24-12-14-4-7-17(8-5-14)26-10-2-3-19(26)27/h4-9,11H,2-3,10,12-13H2,1H3,(H2,23,24,25). The summed E-state index contributed by atoms with van der Waals surface area (Å²) in [5.74, 6) is 0.550. The largest absolute Gasteiger partial charge is 0.352 e. The third kappa shape index (κ3) is 5.07. The van der Waals surface area contributed by atoms with Crippen molar-refractivity contribution in [2.24, 2.45) is 4.99 Å². The van der Waals surface area contributed by atoms with Gasteiger partial charge in [0.2, 0.25) is 5.91 Å². The predicted octanol–water partition coefficient (Wildman–Crippen LogP) is 3.58. The average molecular weight is 433 g/mol. The van der Waals surface area contributed by atoms with Gasteiger partial charge in [0.05, 0.1) is 0 Å². The lowest BCUT2D eigenvalue weighted by Gasteiger charge is -2.16. The molecule has 0 spiro atoms. The maximum absolute atomic E-state index is 13.4. The van der Waals surface area contributed by atoms with Gasteiger partial charge in [-0.25, -0.2) is 4.39 Å². The average Bonchev–Trinajstić information content (AvgIpc) is 3.11. The van der Waals surface area contributed by atoms with Crippen molar-refractivity contribution in [2.75, 3.05) is 18.5 Å². The van der Waals surface area contributed by atoms with Gasteiger partial charge in [-0.2, -0.15) is 0 Å². The highest BCUT2D eigenvalue weighted by Crippen LogP contribution is 2.21. The number of nitrogens with zero attached hydrogens (tertiary/aromatic N) is 2. The Morgan fingerprint density at radius 1 is 1.19 bits per heavy atom. The number of guanidine groups is 1. The lowest BCUT2D eigenvalue weighted by molar-refractivity contribution is -0.117. The van der Waals surface area contributed by atoms with E-state index in [1.165, 1.54) is 12.1 Å². The molecule has 2 N–H and O–H groups in total. The molecule has 0 aliphatic carbocycles. The van der Waals surface area contributed by atoms with E-state index in [0.29, 0.717) is 25.5 Å². The molecule has 0 saturated carbocycles. The van der Waals surface area contributed by atoms with E-state index in [9.17, 15) is 9.18 Å². The van der Waals surface area contributed by atoms with Crippen molar-refractivity contribution in [3.63, 3.8) is 0 Å². The summed E-state index contributed by atoms with van der Waals surface area (Å²) in [6.45, 7) is 1.84. The lowest BCUT2D eigenvalue weighted by Crippen LogP contribution is -2.36. The summed E-state index contributed by atoms with van der Waals surface area (Å²) in [4.78, 5) is 17.8. The summed E-state index contributed by atoms with van der Waals surface area (Å²) >= 11 is 3.42. The molecule has 1 saturated heterocycles. The summed E-state index contributed by atoms with van der Waals surface area (Å²) < 4.78 is 14.2. The molecule has 3 rings (SSSR count). The van der Waals surface area contributed by atoms with Crippen LogP contribution in [-0.2, 0) is 17.9 Å². The fourth-order valence-corrected chi connectivity index (χ4v) is 3.37. The van der Waals surface area contributed by atoms with Gasteiger partial charge in [-0.1, -0.05) is 28.1 Å². The van der Waals surface area contributed by atoms with Crippen molar-refractivity contribution in [3.8, 4) is 0 Å². The molecule has 5 nitrogen and oxygen atoms in total. The summed E-state index contributed by atoms with van der Waals surface area (Å²) in [6, 6.07) is 12.5. The van der Waals surface area contributed by atoms with Crippen molar-refractivity contribution in [2.45, 2.75) is 25.9 Å². The zero-order valence-electron chi connectivity index (χ0n) is 15.1. The second-order valence-electron chi connectivity index (χ2n) is 6.33. The second-order valence-corrected chi connectivity index (χ2v) is 7.18. The van der Waals surface area contributed by atoms with Crippen molar-refractivity contribution in [3.05, 3.63) is 63.9 Å². The Hall–Kier alpha value is -2.41. The molecule has 0 atom stereocenters. The Balaban J connectivity index is 1.53. The quantitative estimate of drug-likeness (QED) is 0.560. The molecule has 2 aromatic carbocycles. The topological polar surface area (TPSA) is 56.7 Å². The summed E-state index contributed by atoms with van der Waals surface area (Å²) in [7, 11) is 1.69. The monoisotopic (exact) mass is 432 g/mol. The van der Waals surface area contributed by atoms with Crippen LogP contribution in [-0.4, -0.2) is 25.5 Å². The smallest absolute Gasteiger partial charge is 0.227 e. The Bertz CT molecular complexity index is 838. The Morgan fingerprint density at radius 2 is 1.93 bits per heavy atom. The third-order valence-corrected chi connectivity index (χ3v) is 5.23. The van der Waals surface area contributed by atoms with Crippen LogP contribution in [0.5, 0.6) is 0 Å². The molecular formula is C20H22BrFN4O. The molecular weight excluding hydrogens is 411 g/mol. The van der Waals surface area contributed by atoms with E-state index >= 15 is 0 Å². The maximum Gasteiger partial charge on any atom is 0.227 e. The number of carbonyl (C=O) groups is 1. The fraction of sp³-hybridized carbons (Fsp3) is 0.300. The molecule has 1 aliphatic rings. The van der Waals surface area contributed by atoms with Crippen molar-refractivity contribution in [1.82, 2.24) is 10.6 Å². The molecule has 0 aromatic heterocycles. The molecule has 2 aromatic rings. The number of amides is 1. The van der Waals surface area contributed by atoms with Crippen LogP contribution in [0.15, 0.2) is 51.9 Å². The van der Waals surface area contributed by atoms with Crippen LogP contribution in [0.25, 0.3) is 0 Å². The first-order chi connectivity index (χ1) is 13.1. The van der Waals surface area contributed by atoms with Crippen LogP contribution in [0.4, 0.5) is 10.1 Å². The number of hydrogen-bond acceptors (Lipinski definition) is 2. The second kappa shape index (κ2) is 8.99. The van der Waals surface area contributed by atoms with E-state index in [0.717, 1.165) is 34.3 Å². The molecule has 1 amide bonds. The Morgan fingerprint density at radius 3 is 2.59 bits per heavy atom. The number of benzene rings is 2. The summed E-state index contributed by atoms with van der Waals surface area (Å²) in [5, 5.41) is 6.41. The van der Waals surface area contributed by atoms with E-state index in [-0.39, 0.29) is 11.7 Å². The van der Waals surface area contributed by atoms with Crippen LogP contribution in [0.2, 0.25) is 0 Å². The number of rotatable bonds is 5. The molecule has 1 fully saturated rings. The van der Waals surface area contributed by atoms with Crippen LogP contribution in [0, 0.1) is 5.82 Å². The van der Waals surface area contributed by atoms with Crippen LogP contribution >= 0.6 is 15.9 Å². The molecule has 0 radical (unpaired) electrons. The first-order valence-electron chi connectivity index (χ1n) is 8.84. The van der Waals surface area contributed by atoms with Crippen molar-refractivity contribution in [1.29, 1.82) is 0 Å². The van der Waals surface area contributed by atoms with E-state index in [4.69, 9.17) is 0 Å². The first kappa shape index (κ1) is 19.4. The van der Waals surface area contributed by atoms with Gasteiger partial charge in [-0.15, -0.1) is 0 Å². The summed E-state index contributed by atoms with van der Waals surface area (Å²) in [5.41, 5.74) is 2.84. The highest BCUT2D eigenvalue weighted by atomic mass is 79.9. The maximum atomic E-state index is 13.4. The number of nitrogens with one attached hydrogen (secondary N) is 2. The minimum atomic E-state index is -0.269. The Kier molecular flexibility index (Phi) is 6.45. The van der Waals surface area contributed by atoms with E-state index in [1.54, 1.807) is 13.1 Å². The third-order valence-electron chi connectivity index (χ3n) is 4.46. The number of halogens is 2. The van der Waals surface area contributed by atoms with Gasteiger partial charge in [0.15, 0.2) is 5.96 Å².